The summed E-state index contributed by atoms with van der Waals surface area (Å²) in [5.74, 6) is -0.776. The zero-order valence-electron chi connectivity index (χ0n) is 12.4. The van der Waals surface area contributed by atoms with Crippen molar-refractivity contribution in [2.45, 2.75) is 12.8 Å². The van der Waals surface area contributed by atoms with Gasteiger partial charge in [0.1, 0.15) is 0 Å². The van der Waals surface area contributed by atoms with Crippen molar-refractivity contribution in [3.63, 3.8) is 0 Å². The Morgan fingerprint density at radius 1 is 0.957 bits per heavy atom. The lowest BCUT2D eigenvalue weighted by Crippen LogP contribution is -2.05. The van der Waals surface area contributed by atoms with Crippen LogP contribution in [0.4, 0.5) is 0 Å². The number of aromatic nitrogens is 1. The van der Waals surface area contributed by atoms with Gasteiger partial charge in [-0.15, -0.1) is 0 Å². The van der Waals surface area contributed by atoms with E-state index in [0.717, 1.165) is 22.6 Å². The van der Waals surface area contributed by atoms with Crippen molar-refractivity contribution in [1.29, 1.82) is 0 Å². The molecule has 0 atom stereocenters. The number of hydrogen-bond acceptors (Lipinski definition) is 1. The summed E-state index contributed by atoms with van der Waals surface area (Å²) < 4.78 is 3.32. The zero-order chi connectivity index (χ0) is 16.2. The molecule has 0 saturated heterocycles. The highest BCUT2D eigenvalue weighted by molar-refractivity contribution is 14.1. The first-order valence-corrected chi connectivity index (χ1v) is 8.47. The third-order valence-corrected chi connectivity index (χ3v) is 4.43. The first-order valence-electron chi connectivity index (χ1n) is 7.39. The lowest BCUT2D eigenvalue weighted by Gasteiger charge is -2.14. The van der Waals surface area contributed by atoms with E-state index < -0.39 is 5.97 Å². The fraction of sp³-hybridized carbons (Fsp3) is 0.105. The van der Waals surface area contributed by atoms with Crippen LogP contribution < -0.4 is 0 Å². The van der Waals surface area contributed by atoms with Crippen LogP contribution >= 0.6 is 22.6 Å². The quantitative estimate of drug-likeness (QED) is 0.608. The molecule has 0 spiro atoms. The average molecular weight is 417 g/mol. The Bertz CT molecular complexity index is 807. The van der Waals surface area contributed by atoms with Crippen molar-refractivity contribution in [3.05, 3.63) is 76.0 Å². The van der Waals surface area contributed by atoms with E-state index in [2.05, 4.69) is 69.6 Å². The Kier molecular flexibility index (Phi) is 4.81. The first kappa shape index (κ1) is 15.8. The maximum absolute atomic E-state index is 10.9. The molecule has 3 nitrogen and oxygen atoms in total. The number of halogens is 1. The molecule has 3 aromatic rings. The number of hydrogen-bond donors (Lipinski definition) is 1. The van der Waals surface area contributed by atoms with Crippen LogP contribution in [0, 0.1) is 3.57 Å². The fourth-order valence-corrected chi connectivity index (χ4v) is 3.00. The molecule has 1 heterocycles. The molecule has 116 valence electrons. The smallest absolute Gasteiger partial charge is 0.303 e. The van der Waals surface area contributed by atoms with Gasteiger partial charge < -0.3 is 9.67 Å². The summed E-state index contributed by atoms with van der Waals surface area (Å²) in [5.41, 5.74) is 4.25. The Hall–Kier alpha value is -2.08. The van der Waals surface area contributed by atoms with Gasteiger partial charge in [0.05, 0.1) is 12.1 Å². The van der Waals surface area contributed by atoms with E-state index in [1.54, 1.807) is 0 Å². The van der Waals surface area contributed by atoms with Crippen molar-refractivity contribution < 1.29 is 9.90 Å². The van der Waals surface area contributed by atoms with Crippen LogP contribution in [-0.4, -0.2) is 15.6 Å². The summed E-state index contributed by atoms with van der Waals surface area (Å²) in [6.45, 7) is 0. The van der Waals surface area contributed by atoms with E-state index in [9.17, 15) is 4.79 Å². The topological polar surface area (TPSA) is 42.2 Å². The molecule has 0 unspecified atom stereocenters. The molecule has 2 aromatic carbocycles. The van der Waals surface area contributed by atoms with Gasteiger partial charge in [-0.2, -0.15) is 0 Å². The third kappa shape index (κ3) is 3.64. The summed E-state index contributed by atoms with van der Waals surface area (Å²) >= 11 is 2.28. The van der Waals surface area contributed by atoms with Gasteiger partial charge in [-0.05, 0) is 71.0 Å². The van der Waals surface area contributed by atoms with Crippen LogP contribution in [0.5, 0.6) is 0 Å². The molecule has 0 aliphatic carbocycles. The van der Waals surface area contributed by atoms with Crippen LogP contribution in [0.2, 0.25) is 0 Å². The van der Waals surface area contributed by atoms with E-state index in [0.29, 0.717) is 6.42 Å². The van der Waals surface area contributed by atoms with Crippen LogP contribution in [0.15, 0.2) is 66.7 Å². The first-order chi connectivity index (χ1) is 11.1. The maximum atomic E-state index is 10.9. The van der Waals surface area contributed by atoms with Crippen molar-refractivity contribution in [2.24, 2.45) is 0 Å². The zero-order valence-corrected chi connectivity index (χ0v) is 14.6. The predicted molar refractivity (Wildman–Crippen MR) is 99.9 cm³/mol. The van der Waals surface area contributed by atoms with E-state index >= 15 is 0 Å². The molecule has 1 aromatic heterocycles. The second-order valence-electron chi connectivity index (χ2n) is 5.28. The number of aryl methyl sites for hydroxylation is 1. The van der Waals surface area contributed by atoms with Gasteiger partial charge in [-0.3, -0.25) is 4.79 Å². The molecule has 0 bridgehead atoms. The third-order valence-electron chi connectivity index (χ3n) is 3.71. The average Bonchev–Trinajstić information content (AvgIpc) is 2.98. The molecule has 0 aliphatic rings. The predicted octanol–water partition coefficient (Wildman–Crippen LogP) is 4.77. The van der Waals surface area contributed by atoms with Crippen LogP contribution in [0.3, 0.4) is 0 Å². The summed E-state index contributed by atoms with van der Waals surface area (Å²) in [5, 5.41) is 8.99. The summed E-state index contributed by atoms with van der Waals surface area (Å²) in [4.78, 5) is 10.9. The van der Waals surface area contributed by atoms with Crippen LogP contribution in [0.1, 0.15) is 12.1 Å². The number of aliphatic carboxylic acids is 1. The lowest BCUT2D eigenvalue weighted by atomic mass is 10.1. The molecule has 0 fully saturated rings. The van der Waals surface area contributed by atoms with Crippen molar-refractivity contribution >= 4 is 28.6 Å². The summed E-state index contributed by atoms with van der Waals surface area (Å²) in [6.07, 6.45) is 0.636. The monoisotopic (exact) mass is 417 g/mol. The minimum atomic E-state index is -0.776. The van der Waals surface area contributed by atoms with E-state index in [-0.39, 0.29) is 6.42 Å². The molecule has 0 aliphatic heterocycles. The maximum Gasteiger partial charge on any atom is 0.303 e. The Morgan fingerprint density at radius 2 is 1.65 bits per heavy atom. The van der Waals surface area contributed by atoms with Crippen LogP contribution in [0.25, 0.3) is 16.9 Å². The van der Waals surface area contributed by atoms with E-state index in [1.165, 1.54) is 3.57 Å². The minimum absolute atomic E-state index is 0.128. The molecule has 0 amide bonds. The Balaban J connectivity index is 2.10. The highest BCUT2D eigenvalue weighted by atomic mass is 127. The number of carboxylic acid groups (broad SMARTS) is 1. The number of benzene rings is 2. The van der Waals surface area contributed by atoms with E-state index in [4.69, 9.17) is 5.11 Å². The van der Waals surface area contributed by atoms with Crippen molar-refractivity contribution in [1.82, 2.24) is 4.57 Å². The highest BCUT2D eigenvalue weighted by Gasteiger charge is 2.12. The summed E-state index contributed by atoms with van der Waals surface area (Å²) in [6, 6.07) is 22.5. The minimum Gasteiger partial charge on any atom is -0.481 e. The van der Waals surface area contributed by atoms with Gasteiger partial charge in [-0.25, -0.2) is 0 Å². The lowest BCUT2D eigenvalue weighted by molar-refractivity contribution is -0.136. The van der Waals surface area contributed by atoms with Gasteiger partial charge in [-0.1, -0.05) is 30.3 Å². The molecular formula is C19H16INO2. The molecular weight excluding hydrogens is 401 g/mol. The number of carboxylic acids is 1. The molecule has 3 rings (SSSR count). The Morgan fingerprint density at radius 3 is 2.30 bits per heavy atom. The number of carbonyl (C=O) groups is 1. The highest BCUT2D eigenvalue weighted by Crippen LogP contribution is 2.27. The van der Waals surface area contributed by atoms with Gasteiger partial charge in [0.25, 0.3) is 0 Å². The van der Waals surface area contributed by atoms with Gasteiger partial charge in [0, 0.05) is 15.0 Å². The SMILES string of the molecule is O=C(O)CCc1ccc(-c2ccccc2)n1-c1ccc(I)cc1. The van der Waals surface area contributed by atoms with E-state index in [1.807, 2.05) is 24.3 Å². The molecule has 23 heavy (non-hydrogen) atoms. The number of rotatable bonds is 5. The second-order valence-corrected chi connectivity index (χ2v) is 6.53. The van der Waals surface area contributed by atoms with Gasteiger partial charge in [0.2, 0.25) is 0 Å². The standard InChI is InChI=1S/C19H16INO2/c20-15-6-8-16(9-7-15)21-17(11-13-19(22)23)10-12-18(21)14-4-2-1-3-5-14/h1-10,12H,11,13H2,(H,22,23). The van der Waals surface area contributed by atoms with Crippen LogP contribution in [-0.2, 0) is 11.2 Å². The second kappa shape index (κ2) is 7.00. The van der Waals surface area contributed by atoms with Crippen molar-refractivity contribution in [3.8, 4) is 16.9 Å². The molecule has 4 heteroatoms. The largest absolute Gasteiger partial charge is 0.481 e. The van der Waals surface area contributed by atoms with Gasteiger partial charge >= 0.3 is 5.97 Å². The van der Waals surface area contributed by atoms with Gasteiger partial charge in [0.15, 0.2) is 0 Å². The summed E-state index contributed by atoms with van der Waals surface area (Å²) in [7, 11) is 0. The molecule has 0 radical (unpaired) electrons. The normalized spacial score (nSPS) is 10.7. The molecule has 1 N–H and O–H groups in total. The Labute approximate surface area is 148 Å². The molecule has 0 saturated carbocycles. The number of nitrogens with zero attached hydrogens (tertiary/aromatic N) is 1. The fourth-order valence-electron chi connectivity index (χ4n) is 2.64. The van der Waals surface area contributed by atoms with Crippen molar-refractivity contribution in [2.75, 3.05) is 0 Å².